The molecule has 0 saturated carbocycles. The van der Waals surface area contributed by atoms with Crippen molar-refractivity contribution in [3.8, 4) is 0 Å². The van der Waals surface area contributed by atoms with Crippen LogP contribution in [0.25, 0.3) is 0 Å². The molecule has 0 aromatic rings. The number of likely N-dealkylation sites (tertiary alicyclic amines) is 1. The van der Waals surface area contributed by atoms with Gasteiger partial charge in [-0.25, -0.2) is 0 Å². The Morgan fingerprint density at radius 3 is 2.69 bits per heavy atom. The molecule has 1 unspecified atom stereocenters. The predicted molar refractivity (Wildman–Crippen MR) is 64.6 cm³/mol. The van der Waals surface area contributed by atoms with E-state index in [-0.39, 0.29) is 6.42 Å². The zero-order valence-corrected chi connectivity index (χ0v) is 10.4. The molecule has 1 rings (SSSR count). The molecule has 4 heteroatoms. The molecule has 1 atom stereocenters. The maximum absolute atomic E-state index is 10.3. The van der Waals surface area contributed by atoms with E-state index in [4.69, 9.17) is 5.11 Å². The van der Waals surface area contributed by atoms with Gasteiger partial charge < -0.3 is 15.3 Å². The number of hydrogen-bond acceptors (Lipinski definition) is 3. The minimum Gasteiger partial charge on any atom is -0.481 e. The first-order valence-corrected chi connectivity index (χ1v) is 6.23. The van der Waals surface area contributed by atoms with Crippen molar-refractivity contribution in [1.29, 1.82) is 0 Å². The van der Waals surface area contributed by atoms with Gasteiger partial charge in [0, 0.05) is 12.5 Å². The predicted octanol–water partition coefficient (Wildman–Crippen LogP) is 1.17. The van der Waals surface area contributed by atoms with Crippen LogP contribution in [0.15, 0.2) is 0 Å². The lowest BCUT2D eigenvalue weighted by atomic mass is 9.90. The van der Waals surface area contributed by atoms with E-state index >= 15 is 0 Å². The van der Waals surface area contributed by atoms with Crippen molar-refractivity contribution in [2.24, 2.45) is 5.92 Å². The van der Waals surface area contributed by atoms with Gasteiger partial charge in [0.15, 0.2) is 0 Å². The quantitative estimate of drug-likeness (QED) is 0.670. The summed E-state index contributed by atoms with van der Waals surface area (Å²) in [5, 5.41) is 12.0. The van der Waals surface area contributed by atoms with Gasteiger partial charge in [0.2, 0.25) is 0 Å². The van der Waals surface area contributed by atoms with E-state index in [1.54, 1.807) is 0 Å². The SMILES string of the molecule is CC(NCCCC(=O)O)C1CCN(C)CC1. The van der Waals surface area contributed by atoms with E-state index in [0.717, 1.165) is 18.9 Å². The third-order valence-corrected chi connectivity index (χ3v) is 3.50. The summed E-state index contributed by atoms with van der Waals surface area (Å²) in [4.78, 5) is 12.7. The van der Waals surface area contributed by atoms with Crippen molar-refractivity contribution in [3.05, 3.63) is 0 Å². The Morgan fingerprint density at radius 2 is 2.12 bits per heavy atom. The largest absolute Gasteiger partial charge is 0.481 e. The minimum atomic E-state index is -0.700. The lowest BCUT2D eigenvalue weighted by Crippen LogP contribution is -2.41. The number of carbonyl (C=O) groups is 1. The van der Waals surface area contributed by atoms with Crippen LogP contribution in [0.5, 0.6) is 0 Å². The van der Waals surface area contributed by atoms with Crippen LogP contribution >= 0.6 is 0 Å². The van der Waals surface area contributed by atoms with Crippen LogP contribution in [0.3, 0.4) is 0 Å². The highest BCUT2D eigenvalue weighted by Gasteiger charge is 2.21. The molecule has 0 bridgehead atoms. The molecule has 0 spiro atoms. The zero-order chi connectivity index (χ0) is 12.0. The first-order chi connectivity index (χ1) is 7.59. The molecule has 16 heavy (non-hydrogen) atoms. The summed E-state index contributed by atoms with van der Waals surface area (Å²) in [7, 11) is 2.17. The lowest BCUT2D eigenvalue weighted by molar-refractivity contribution is -0.137. The normalized spacial score (nSPS) is 20.9. The second-order valence-corrected chi connectivity index (χ2v) is 4.88. The number of nitrogens with one attached hydrogen (secondary N) is 1. The molecule has 2 N–H and O–H groups in total. The van der Waals surface area contributed by atoms with Crippen LogP contribution in [-0.4, -0.2) is 48.7 Å². The standard InChI is InChI=1S/C12H24N2O2/c1-10(13-7-3-4-12(15)16)11-5-8-14(2)9-6-11/h10-11,13H,3-9H2,1-2H3,(H,15,16). The average Bonchev–Trinajstić information content (AvgIpc) is 2.25. The monoisotopic (exact) mass is 228 g/mol. The Morgan fingerprint density at radius 1 is 1.50 bits per heavy atom. The van der Waals surface area contributed by atoms with E-state index in [1.165, 1.54) is 25.9 Å². The molecular weight excluding hydrogens is 204 g/mol. The van der Waals surface area contributed by atoms with Gasteiger partial charge >= 0.3 is 5.97 Å². The van der Waals surface area contributed by atoms with E-state index in [0.29, 0.717) is 6.04 Å². The Labute approximate surface area is 98.0 Å². The van der Waals surface area contributed by atoms with Gasteiger partial charge in [0.05, 0.1) is 0 Å². The summed E-state index contributed by atoms with van der Waals surface area (Å²) < 4.78 is 0. The van der Waals surface area contributed by atoms with Crippen molar-refractivity contribution >= 4 is 5.97 Å². The molecule has 1 heterocycles. The third kappa shape index (κ3) is 4.94. The molecule has 0 aromatic heterocycles. The number of piperidine rings is 1. The summed E-state index contributed by atoms with van der Waals surface area (Å²) in [6.45, 7) is 5.41. The summed E-state index contributed by atoms with van der Waals surface area (Å²) in [5.74, 6) is 0.0507. The second kappa shape index (κ2) is 6.86. The highest BCUT2D eigenvalue weighted by atomic mass is 16.4. The molecule has 0 amide bonds. The number of carboxylic acids is 1. The van der Waals surface area contributed by atoms with Crippen molar-refractivity contribution in [2.45, 2.75) is 38.6 Å². The van der Waals surface area contributed by atoms with E-state index in [2.05, 4.69) is 24.2 Å². The fraction of sp³-hybridized carbons (Fsp3) is 0.917. The van der Waals surface area contributed by atoms with Crippen LogP contribution in [0.1, 0.15) is 32.6 Å². The van der Waals surface area contributed by atoms with Gasteiger partial charge in [0.1, 0.15) is 0 Å². The van der Waals surface area contributed by atoms with Crippen LogP contribution < -0.4 is 5.32 Å². The van der Waals surface area contributed by atoms with Gasteiger partial charge in [-0.3, -0.25) is 4.79 Å². The number of hydrogen-bond donors (Lipinski definition) is 2. The van der Waals surface area contributed by atoms with Gasteiger partial charge in [0.25, 0.3) is 0 Å². The third-order valence-electron chi connectivity index (χ3n) is 3.50. The Bertz CT molecular complexity index is 213. The minimum absolute atomic E-state index is 0.271. The molecular formula is C12H24N2O2. The van der Waals surface area contributed by atoms with Crippen molar-refractivity contribution in [3.63, 3.8) is 0 Å². The molecule has 1 saturated heterocycles. The van der Waals surface area contributed by atoms with Gasteiger partial charge in [-0.05, 0) is 58.8 Å². The molecule has 4 nitrogen and oxygen atoms in total. The smallest absolute Gasteiger partial charge is 0.303 e. The highest BCUT2D eigenvalue weighted by Crippen LogP contribution is 2.19. The molecule has 1 fully saturated rings. The van der Waals surface area contributed by atoms with Crippen LogP contribution in [0, 0.1) is 5.92 Å². The van der Waals surface area contributed by atoms with Gasteiger partial charge in [-0.1, -0.05) is 0 Å². The number of aliphatic carboxylic acids is 1. The van der Waals surface area contributed by atoms with Crippen LogP contribution in [0.4, 0.5) is 0 Å². The van der Waals surface area contributed by atoms with E-state index in [1.807, 2.05) is 0 Å². The lowest BCUT2D eigenvalue weighted by Gasteiger charge is -2.33. The fourth-order valence-electron chi connectivity index (χ4n) is 2.26. The van der Waals surface area contributed by atoms with Crippen molar-refractivity contribution in [1.82, 2.24) is 10.2 Å². The van der Waals surface area contributed by atoms with E-state index in [9.17, 15) is 4.79 Å². The molecule has 1 aliphatic heterocycles. The average molecular weight is 228 g/mol. The summed E-state index contributed by atoms with van der Waals surface area (Å²) in [6, 6.07) is 0.516. The topological polar surface area (TPSA) is 52.6 Å². The molecule has 0 aromatic carbocycles. The van der Waals surface area contributed by atoms with Crippen molar-refractivity contribution < 1.29 is 9.90 Å². The zero-order valence-electron chi connectivity index (χ0n) is 10.4. The Hall–Kier alpha value is -0.610. The summed E-state index contributed by atoms with van der Waals surface area (Å²) >= 11 is 0. The Kier molecular flexibility index (Phi) is 5.77. The van der Waals surface area contributed by atoms with Crippen molar-refractivity contribution in [2.75, 3.05) is 26.7 Å². The van der Waals surface area contributed by atoms with E-state index < -0.39 is 5.97 Å². The van der Waals surface area contributed by atoms with Gasteiger partial charge in [-0.15, -0.1) is 0 Å². The fourth-order valence-corrected chi connectivity index (χ4v) is 2.26. The summed E-state index contributed by atoms with van der Waals surface area (Å²) in [5.41, 5.74) is 0. The second-order valence-electron chi connectivity index (χ2n) is 4.88. The van der Waals surface area contributed by atoms with Gasteiger partial charge in [-0.2, -0.15) is 0 Å². The first kappa shape index (κ1) is 13.5. The summed E-state index contributed by atoms with van der Waals surface area (Å²) in [6.07, 6.45) is 3.51. The van der Waals surface area contributed by atoms with Crippen LogP contribution in [-0.2, 0) is 4.79 Å². The maximum atomic E-state index is 10.3. The highest BCUT2D eigenvalue weighted by molar-refractivity contribution is 5.66. The molecule has 0 aliphatic carbocycles. The Balaban J connectivity index is 2.10. The number of rotatable bonds is 6. The number of carboxylic acid groups (broad SMARTS) is 1. The number of nitrogens with zero attached hydrogens (tertiary/aromatic N) is 1. The molecule has 94 valence electrons. The van der Waals surface area contributed by atoms with Crippen LogP contribution in [0.2, 0.25) is 0 Å². The molecule has 0 radical (unpaired) electrons. The first-order valence-electron chi connectivity index (χ1n) is 6.23. The maximum Gasteiger partial charge on any atom is 0.303 e. The molecule has 1 aliphatic rings.